The fourth-order valence-electron chi connectivity index (χ4n) is 2.43. The Bertz CT molecular complexity index is 493. The van der Waals surface area contributed by atoms with E-state index >= 15 is 0 Å². The van der Waals surface area contributed by atoms with Gasteiger partial charge in [-0.05, 0) is 19.4 Å². The Kier molecular flexibility index (Phi) is 3.35. The molecule has 1 heterocycles. The van der Waals surface area contributed by atoms with Gasteiger partial charge in [0.1, 0.15) is 11.6 Å². The molecule has 0 bridgehead atoms. The summed E-state index contributed by atoms with van der Waals surface area (Å²) in [6.07, 6.45) is -0.558. The van der Waals surface area contributed by atoms with Crippen LogP contribution in [0.2, 0.25) is 0 Å². The summed E-state index contributed by atoms with van der Waals surface area (Å²) in [7, 11) is 0. The van der Waals surface area contributed by atoms with E-state index in [0.717, 1.165) is 5.56 Å². The Hall–Kier alpha value is -1.84. The zero-order chi connectivity index (χ0) is 14.2. The predicted octanol–water partition coefficient (Wildman–Crippen LogP) is 3.14. The van der Waals surface area contributed by atoms with E-state index in [9.17, 15) is 9.59 Å². The van der Waals surface area contributed by atoms with Crippen molar-refractivity contribution in [3.63, 3.8) is 0 Å². The third kappa shape index (κ3) is 2.35. The lowest BCUT2D eigenvalue weighted by molar-refractivity contribution is -0.133. The molecule has 4 nitrogen and oxygen atoms in total. The second kappa shape index (κ2) is 4.68. The van der Waals surface area contributed by atoms with Crippen molar-refractivity contribution in [2.24, 2.45) is 5.92 Å². The molecule has 0 aliphatic carbocycles. The van der Waals surface area contributed by atoms with Crippen molar-refractivity contribution >= 4 is 12.0 Å². The van der Waals surface area contributed by atoms with Crippen molar-refractivity contribution in [2.45, 2.75) is 39.3 Å². The van der Waals surface area contributed by atoms with Crippen molar-refractivity contribution < 1.29 is 14.3 Å². The van der Waals surface area contributed by atoms with E-state index in [1.165, 1.54) is 4.90 Å². The highest BCUT2D eigenvalue weighted by Gasteiger charge is 2.51. The molecule has 1 aliphatic heterocycles. The van der Waals surface area contributed by atoms with Gasteiger partial charge in [-0.2, -0.15) is 0 Å². The van der Waals surface area contributed by atoms with Gasteiger partial charge in [-0.25, -0.2) is 9.69 Å². The number of carbonyl (C=O) groups excluding carboxylic acids is 2. The maximum absolute atomic E-state index is 12.3. The lowest BCUT2D eigenvalue weighted by Crippen LogP contribution is -2.40. The summed E-state index contributed by atoms with van der Waals surface area (Å²) in [6.45, 7) is 7.22. The monoisotopic (exact) mass is 261 g/mol. The molecule has 1 atom stereocenters. The highest BCUT2D eigenvalue weighted by molar-refractivity contribution is 5.95. The molecular formula is C15H19NO3. The Morgan fingerprint density at radius 2 is 1.84 bits per heavy atom. The van der Waals surface area contributed by atoms with E-state index in [2.05, 4.69) is 0 Å². The lowest BCUT2D eigenvalue weighted by atomic mass is 9.91. The molecule has 1 aliphatic rings. The van der Waals surface area contributed by atoms with Crippen LogP contribution < -0.4 is 0 Å². The van der Waals surface area contributed by atoms with Crippen LogP contribution in [0.25, 0.3) is 0 Å². The van der Waals surface area contributed by atoms with Crippen molar-refractivity contribution in [2.75, 3.05) is 0 Å². The van der Waals surface area contributed by atoms with Crippen LogP contribution in [0.1, 0.15) is 39.3 Å². The molecule has 1 aromatic carbocycles. The summed E-state index contributed by atoms with van der Waals surface area (Å²) in [6, 6.07) is 9.14. The number of hydrogen-bond acceptors (Lipinski definition) is 3. The zero-order valence-electron chi connectivity index (χ0n) is 11.7. The van der Waals surface area contributed by atoms with Gasteiger partial charge in [0.25, 0.3) is 0 Å². The van der Waals surface area contributed by atoms with E-state index in [1.807, 2.05) is 44.2 Å². The van der Waals surface area contributed by atoms with Crippen LogP contribution in [0.3, 0.4) is 0 Å². The van der Waals surface area contributed by atoms with Crippen molar-refractivity contribution in [1.82, 2.24) is 4.90 Å². The number of hydrogen-bond donors (Lipinski definition) is 0. The molecule has 0 N–H and O–H groups in total. The second-order valence-electron chi connectivity index (χ2n) is 5.65. The largest absolute Gasteiger partial charge is 0.440 e. The van der Waals surface area contributed by atoms with Crippen LogP contribution in [0, 0.1) is 5.92 Å². The van der Waals surface area contributed by atoms with Gasteiger partial charge in [-0.1, -0.05) is 44.2 Å². The van der Waals surface area contributed by atoms with Gasteiger partial charge < -0.3 is 4.74 Å². The minimum absolute atomic E-state index is 0.204. The van der Waals surface area contributed by atoms with Gasteiger partial charge in [0, 0.05) is 5.92 Å². The fraction of sp³-hybridized carbons (Fsp3) is 0.467. The molecule has 0 spiro atoms. The van der Waals surface area contributed by atoms with Crippen LogP contribution in [0.15, 0.2) is 30.3 Å². The van der Waals surface area contributed by atoms with Gasteiger partial charge in [0.15, 0.2) is 0 Å². The van der Waals surface area contributed by atoms with Gasteiger partial charge in [0.05, 0.1) is 0 Å². The molecule has 2 amide bonds. The first kappa shape index (κ1) is 13.6. The summed E-state index contributed by atoms with van der Waals surface area (Å²) in [5.74, 6) is -0.447. The number of imide groups is 1. The summed E-state index contributed by atoms with van der Waals surface area (Å²) in [4.78, 5) is 25.5. The molecule has 0 unspecified atom stereocenters. The number of ether oxygens (including phenoxy) is 1. The van der Waals surface area contributed by atoms with E-state index in [-0.39, 0.29) is 17.9 Å². The molecule has 102 valence electrons. The third-order valence-electron chi connectivity index (χ3n) is 3.31. The van der Waals surface area contributed by atoms with E-state index in [0.29, 0.717) is 0 Å². The first-order chi connectivity index (χ1) is 8.84. The topological polar surface area (TPSA) is 46.6 Å². The van der Waals surface area contributed by atoms with Crippen LogP contribution in [-0.4, -0.2) is 22.5 Å². The molecule has 1 aromatic rings. The molecule has 4 heteroatoms. The highest BCUT2D eigenvalue weighted by atomic mass is 16.6. The summed E-state index contributed by atoms with van der Waals surface area (Å²) in [5, 5.41) is 0. The molecule has 1 fully saturated rings. The van der Waals surface area contributed by atoms with Gasteiger partial charge in [0.2, 0.25) is 5.91 Å². The standard InChI is InChI=1S/C15H19NO3/c1-10(2)13(17)16-12(11-8-6-5-7-9-11)15(3,4)19-14(16)18/h5-10,12H,1-4H3/t12-/m0/s1. The minimum atomic E-state index is -0.719. The van der Waals surface area contributed by atoms with Crippen LogP contribution in [-0.2, 0) is 9.53 Å². The van der Waals surface area contributed by atoms with Crippen LogP contribution in [0.4, 0.5) is 4.79 Å². The molecule has 19 heavy (non-hydrogen) atoms. The molecule has 2 rings (SSSR count). The van der Waals surface area contributed by atoms with Gasteiger partial charge in [-0.15, -0.1) is 0 Å². The summed E-state index contributed by atoms with van der Waals surface area (Å²) in [5.41, 5.74) is 0.190. The Morgan fingerprint density at radius 3 is 2.37 bits per heavy atom. The van der Waals surface area contributed by atoms with Crippen molar-refractivity contribution in [3.8, 4) is 0 Å². The molecule has 0 saturated carbocycles. The predicted molar refractivity (Wildman–Crippen MR) is 71.4 cm³/mol. The number of rotatable bonds is 2. The Labute approximate surface area is 113 Å². The average Bonchev–Trinajstić information content (AvgIpc) is 2.58. The van der Waals surface area contributed by atoms with E-state index < -0.39 is 11.7 Å². The molecular weight excluding hydrogens is 242 g/mol. The highest BCUT2D eigenvalue weighted by Crippen LogP contribution is 2.41. The number of benzene rings is 1. The maximum Gasteiger partial charge on any atom is 0.417 e. The Balaban J connectivity index is 2.46. The Morgan fingerprint density at radius 1 is 1.26 bits per heavy atom. The SMILES string of the molecule is CC(C)C(=O)N1C(=O)OC(C)(C)[C@@H]1c1ccccc1. The first-order valence-corrected chi connectivity index (χ1v) is 6.45. The van der Waals surface area contributed by atoms with Crippen LogP contribution >= 0.6 is 0 Å². The fourth-order valence-corrected chi connectivity index (χ4v) is 2.43. The summed E-state index contributed by atoms with van der Waals surface area (Å²) < 4.78 is 5.37. The average molecular weight is 261 g/mol. The first-order valence-electron chi connectivity index (χ1n) is 6.45. The van der Waals surface area contributed by atoms with E-state index in [4.69, 9.17) is 4.74 Å². The van der Waals surface area contributed by atoms with E-state index in [1.54, 1.807) is 13.8 Å². The molecule has 1 saturated heterocycles. The minimum Gasteiger partial charge on any atom is -0.440 e. The number of amides is 2. The van der Waals surface area contributed by atoms with Crippen molar-refractivity contribution in [1.29, 1.82) is 0 Å². The molecule has 0 radical (unpaired) electrons. The summed E-state index contributed by atoms with van der Waals surface area (Å²) >= 11 is 0. The smallest absolute Gasteiger partial charge is 0.417 e. The molecule has 0 aromatic heterocycles. The number of nitrogens with zero attached hydrogens (tertiary/aromatic N) is 1. The zero-order valence-corrected chi connectivity index (χ0v) is 11.7. The maximum atomic E-state index is 12.3. The normalized spacial score (nSPS) is 21.6. The van der Waals surface area contributed by atoms with Crippen LogP contribution in [0.5, 0.6) is 0 Å². The second-order valence-corrected chi connectivity index (χ2v) is 5.65. The lowest BCUT2D eigenvalue weighted by Gasteiger charge is -2.28. The number of cyclic esters (lactones) is 1. The third-order valence-corrected chi connectivity index (χ3v) is 3.31. The van der Waals surface area contributed by atoms with Gasteiger partial charge >= 0.3 is 6.09 Å². The number of carbonyl (C=O) groups is 2. The van der Waals surface area contributed by atoms with Gasteiger partial charge in [-0.3, -0.25) is 4.79 Å². The van der Waals surface area contributed by atoms with Crippen molar-refractivity contribution in [3.05, 3.63) is 35.9 Å². The quantitative estimate of drug-likeness (QED) is 0.821.